The van der Waals surface area contributed by atoms with Gasteiger partial charge in [0.1, 0.15) is 11.9 Å². The quantitative estimate of drug-likeness (QED) is 0.692. The Hall–Kier alpha value is -3.28. The summed E-state index contributed by atoms with van der Waals surface area (Å²) in [7, 11) is 1.38. The minimum absolute atomic E-state index is 0.0790. The van der Waals surface area contributed by atoms with Crippen molar-refractivity contribution in [3.05, 3.63) is 47.8 Å². The summed E-state index contributed by atoms with van der Waals surface area (Å²) in [4.78, 5) is 25.6. The van der Waals surface area contributed by atoms with Gasteiger partial charge in [-0.2, -0.15) is 5.26 Å². The van der Waals surface area contributed by atoms with Crippen molar-refractivity contribution in [3.63, 3.8) is 0 Å². The van der Waals surface area contributed by atoms with Gasteiger partial charge < -0.3 is 14.5 Å². The standard InChI is InChI=1S/C24H25F2N5O2/c1-14-7-17-12-30(13-20(14)31(17)21-4-3-15(10-27)11-29-21)23(32)18-9-19(18)24(25,26)16-5-6-28-22(8-16)33-2/h3-6,8,11,14,17-20H,7,9,12-13H2,1-2H3/t14-,17?,18?,19?,20?/m0/s1. The normalized spacial score (nSPS) is 28.4. The van der Waals surface area contributed by atoms with Crippen LogP contribution in [0.1, 0.15) is 30.9 Å². The summed E-state index contributed by atoms with van der Waals surface area (Å²) in [5, 5.41) is 9.02. The van der Waals surface area contributed by atoms with Gasteiger partial charge in [0.2, 0.25) is 11.8 Å². The van der Waals surface area contributed by atoms with E-state index in [1.54, 1.807) is 17.2 Å². The van der Waals surface area contributed by atoms with Crippen molar-refractivity contribution < 1.29 is 18.3 Å². The van der Waals surface area contributed by atoms with Gasteiger partial charge in [-0.1, -0.05) is 6.92 Å². The zero-order chi connectivity index (χ0) is 23.3. The molecule has 0 spiro atoms. The number of nitrogens with zero attached hydrogens (tertiary/aromatic N) is 5. The second-order valence-electron chi connectivity index (χ2n) is 9.26. The third-order valence-corrected chi connectivity index (χ3v) is 7.25. The average Bonchev–Trinajstić information content (AvgIpc) is 3.62. The third-order valence-electron chi connectivity index (χ3n) is 7.25. The number of pyridine rings is 2. The Kier molecular flexibility index (Phi) is 5.19. The number of fused-ring (bicyclic) bond motifs is 2. The van der Waals surface area contributed by atoms with Gasteiger partial charge in [0.15, 0.2) is 0 Å². The number of aromatic nitrogens is 2. The number of hydrogen-bond acceptors (Lipinski definition) is 6. The number of nitriles is 1. The van der Waals surface area contributed by atoms with Crippen molar-refractivity contribution >= 4 is 11.7 Å². The zero-order valence-corrected chi connectivity index (χ0v) is 18.5. The number of amides is 1. The lowest BCUT2D eigenvalue weighted by atomic mass is 10.0. The van der Waals surface area contributed by atoms with Crippen LogP contribution in [0, 0.1) is 29.1 Å². The fourth-order valence-corrected chi connectivity index (χ4v) is 5.42. The molecule has 5 atom stereocenters. The van der Waals surface area contributed by atoms with E-state index < -0.39 is 17.8 Å². The first kappa shape index (κ1) is 21.6. The van der Waals surface area contributed by atoms with E-state index in [-0.39, 0.29) is 35.9 Å². The van der Waals surface area contributed by atoms with Crippen LogP contribution in [-0.2, 0) is 10.7 Å². The van der Waals surface area contributed by atoms with E-state index in [1.807, 2.05) is 6.07 Å². The lowest BCUT2D eigenvalue weighted by Gasteiger charge is -2.42. The van der Waals surface area contributed by atoms with Crippen molar-refractivity contribution in [2.45, 2.75) is 37.8 Å². The Morgan fingerprint density at radius 2 is 2.06 bits per heavy atom. The van der Waals surface area contributed by atoms with E-state index in [1.165, 1.54) is 25.4 Å². The summed E-state index contributed by atoms with van der Waals surface area (Å²) < 4.78 is 35.2. The molecule has 2 saturated heterocycles. The first-order chi connectivity index (χ1) is 15.8. The molecular weight excluding hydrogens is 428 g/mol. The molecule has 1 saturated carbocycles. The maximum absolute atomic E-state index is 15.1. The summed E-state index contributed by atoms with van der Waals surface area (Å²) in [6.45, 7) is 3.15. The van der Waals surface area contributed by atoms with Crippen LogP contribution in [0.15, 0.2) is 36.7 Å². The molecule has 2 aliphatic heterocycles. The predicted octanol–water partition coefficient (Wildman–Crippen LogP) is 3.21. The van der Waals surface area contributed by atoms with Crippen molar-refractivity contribution in [2.24, 2.45) is 17.8 Å². The van der Waals surface area contributed by atoms with E-state index in [2.05, 4.69) is 27.9 Å². The minimum Gasteiger partial charge on any atom is -0.481 e. The fourth-order valence-electron chi connectivity index (χ4n) is 5.42. The molecule has 2 aromatic rings. The van der Waals surface area contributed by atoms with Gasteiger partial charge in [-0.25, -0.2) is 18.7 Å². The minimum atomic E-state index is -3.11. The first-order valence-electron chi connectivity index (χ1n) is 11.1. The van der Waals surface area contributed by atoms with Crippen LogP contribution in [0.2, 0.25) is 0 Å². The molecule has 2 aromatic heterocycles. The molecular formula is C24H25F2N5O2. The van der Waals surface area contributed by atoms with Gasteiger partial charge in [-0.05, 0) is 37.0 Å². The number of carbonyl (C=O) groups excluding carboxylic acids is 1. The van der Waals surface area contributed by atoms with Crippen LogP contribution in [0.5, 0.6) is 5.88 Å². The molecule has 1 aliphatic carbocycles. The summed E-state index contributed by atoms with van der Waals surface area (Å²) in [6.07, 6.45) is 3.95. The van der Waals surface area contributed by atoms with E-state index in [0.29, 0.717) is 24.6 Å². The Bertz CT molecular complexity index is 1100. The summed E-state index contributed by atoms with van der Waals surface area (Å²) >= 11 is 0. The van der Waals surface area contributed by atoms with Gasteiger partial charge in [-0.15, -0.1) is 0 Å². The lowest BCUT2D eigenvalue weighted by Crippen LogP contribution is -2.57. The van der Waals surface area contributed by atoms with Crippen LogP contribution in [-0.4, -0.2) is 53.1 Å². The Morgan fingerprint density at radius 3 is 2.73 bits per heavy atom. The van der Waals surface area contributed by atoms with Crippen LogP contribution in [0.4, 0.5) is 14.6 Å². The van der Waals surface area contributed by atoms with E-state index in [4.69, 9.17) is 10.00 Å². The number of halogens is 2. The van der Waals surface area contributed by atoms with Gasteiger partial charge in [0, 0.05) is 55.0 Å². The smallest absolute Gasteiger partial charge is 0.277 e. The molecule has 1 amide bonds. The third kappa shape index (κ3) is 3.67. The second-order valence-corrected chi connectivity index (χ2v) is 9.26. The zero-order valence-electron chi connectivity index (χ0n) is 18.5. The maximum Gasteiger partial charge on any atom is 0.277 e. The summed E-state index contributed by atoms with van der Waals surface area (Å²) in [5.41, 5.74) is 0.334. The molecule has 4 unspecified atom stereocenters. The molecule has 5 rings (SSSR count). The van der Waals surface area contributed by atoms with Crippen LogP contribution in [0.25, 0.3) is 0 Å². The molecule has 172 valence electrons. The second kappa shape index (κ2) is 7.94. The molecule has 3 aliphatic rings. The topological polar surface area (TPSA) is 82.4 Å². The first-order valence-corrected chi connectivity index (χ1v) is 11.1. The number of alkyl halides is 2. The highest BCUT2D eigenvalue weighted by molar-refractivity contribution is 5.82. The Balaban J connectivity index is 1.29. The lowest BCUT2D eigenvalue weighted by molar-refractivity contribution is -0.135. The molecule has 2 bridgehead atoms. The number of carbonyl (C=O) groups is 1. The molecule has 0 aromatic carbocycles. The van der Waals surface area contributed by atoms with Crippen molar-refractivity contribution in [1.29, 1.82) is 5.26 Å². The number of piperazine rings is 1. The number of likely N-dealkylation sites (tertiary alicyclic amines) is 1. The van der Waals surface area contributed by atoms with Gasteiger partial charge in [0.05, 0.1) is 18.7 Å². The van der Waals surface area contributed by atoms with E-state index >= 15 is 8.78 Å². The van der Waals surface area contributed by atoms with Gasteiger partial charge in [0.25, 0.3) is 5.92 Å². The van der Waals surface area contributed by atoms with E-state index in [9.17, 15) is 4.79 Å². The Labute approximate surface area is 191 Å². The average molecular weight is 453 g/mol. The Morgan fingerprint density at radius 1 is 1.24 bits per heavy atom. The largest absolute Gasteiger partial charge is 0.481 e. The number of anilines is 1. The van der Waals surface area contributed by atoms with Crippen molar-refractivity contribution in [2.75, 3.05) is 25.1 Å². The van der Waals surface area contributed by atoms with Crippen molar-refractivity contribution in [1.82, 2.24) is 14.9 Å². The summed E-state index contributed by atoms with van der Waals surface area (Å²) in [5.74, 6) is -3.70. The highest BCUT2D eigenvalue weighted by Crippen LogP contribution is 2.55. The number of hydrogen-bond donors (Lipinski definition) is 0. The summed E-state index contributed by atoms with van der Waals surface area (Å²) in [6, 6.07) is 8.35. The highest BCUT2D eigenvalue weighted by Gasteiger charge is 2.60. The fraction of sp³-hybridized carbons (Fsp3) is 0.500. The van der Waals surface area contributed by atoms with Crippen LogP contribution >= 0.6 is 0 Å². The predicted molar refractivity (Wildman–Crippen MR) is 116 cm³/mol. The van der Waals surface area contributed by atoms with Gasteiger partial charge in [-0.3, -0.25) is 4.79 Å². The molecule has 3 fully saturated rings. The molecule has 0 N–H and O–H groups in total. The molecule has 9 heteroatoms. The van der Waals surface area contributed by atoms with E-state index in [0.717, 1.165) is 12.2 Å². The maximum atomic E-state index is 15.1. The highest BCUT2D eigenvalue weighted by atomic mass is 19.3. The number of rotatable bonds is 5. The molecule has 4 heterocycles. The van der Waals surface area contributed by atoms with Crippen LogP contribution in [0.3, 0.4) is 0 Å². The number of ether oxygens (including phenoxy) is 1. The SMILES string of the molecule is COc1cc(C(F)(F)C2CC2C(=O)N2CC3C[C@H](C)C(C2)N3c2ccc(C#N)cn2)ccn1. The monoisotopic (exact) mass is 453 g/mol. The van der Waals surface area contributed by atoms with Gasteiger partial charge >= 0.3 is 0 Å². The molecule has 33 heavy (non-hydrogen) atoms. The number of methoxy groups -OCH3 is 1. The molecule has 7 nitrogen and oxygen atoms in total. The van der Waals surface area contributed by atoms with Crippen LogP contribution < -0.4 is 9.64 Å². The van der Waals surface area contributed by atoms with Crippen molar-refractivity contribution in [3.8, 4) is 11.9 Å². The molecule has 0 radical (unpaired) electrons.